The second-order valence-corrected chi connectivity index (χ2v) is 9.83. The molecule has 1 saturated carbocycles. The Balaban J connectivity index is 1.88. The van der Waals surface area contributed by atoms with Crippen molar-refractivity contribution in [3.8, 4) is 11.8 Å². The van der Waals surface area contributed by atoms with Crippen molar-refractivity contribution >= 4 is 27.8 Å². The molecule has 0 spiro atoms. The number of aromatic nitrogens is 3. The number of carboxylic acids is 1. The zero-order valence-corrected chi connectivity index (χ0v) is 18.9. The lowest BCUT2D eigenvalue weighted by molar-refractivity contribution is -0.150. The van der Waals surface area contributed by atoms with Gasteiger partial charge in [-0.3, -0.25) is 5.10 Å². The highest BCUT2D eigenvalue weighted by atomic mass is 19.1. The molecule has 0 amide bonds. The number of alkyl halides is 1. The molecule has 2 aromatic heterocycles. The third-order valence-corrected chi connectivity index (χ3v) is 7.06. The lowest BCUT2D eigenvalue weighted by Gasteiger charge is -2.28. The van der Waals surface area contributed by atoms with Crippen molar-refractivity contribution in [2.45, 2.75) is 56.5 Å². The third-order valence-electron chi connectivity index (χ3n) is 7.06. The number of fused-ring (bicyclic) bond motifs is 2. The van der Waals surface area contributed by atoms with E-state index in [-0.39, 0.29) is 31.0 Å². The molecule has 1 aliphatic carbocycles. The van der Waals surface area contributed by atoms with Crippen LogP contribution in [0.2, 0.25) is 0 Å². The molecule has 2 heterocycles. The van der Waals surface area contributed by atoms with Crippen LogP contribution in [0.4, 0.5) is 8.78 Å². The van der Waals surface area contributed by atoms with Crippen LogP contribution in [0, 0.1) is 17.1 Å². The highest BCUT2D eigenvalue weighted by Gasteiger charge is 2.48. The number of rotatable bonds is 5. The molecule has 0 aliphatic heterocycles. The van der Waals surface area contributed by atoms with E-state index in [0.29, 0.717) is 12.1 Å². The van der Waals surface area contributed by atoms with Gasteiger partial charge in [-0.25, -0.2) is 13.6 Å². The van der Waals surface area contributed by atoms with Crippen LogP contribution in [0.25, 0.3) is 27.5 Å². The van der Waals surface area contributed by atoms with Crippen molar-refractivity contribution in [2.75, 3.05) is 0 Å². The first-order chi connectivity index (χ1) is 16.1. The summed E-state index contributed by atoms with van der Waals surface area (Å²) in [5.41, 5.74) is 1.07. The number of nitriles is 1. The van der Waals surface area contributed by atoms with Gasteiger partial charge in [-0.15, -0.1) is 0 Å². The summed E-state index contributed by atoms with van der Waals surface area (Å²) in [6.07, 6.45) is 2.08. The van der Waals surface area contributed by atoms with Crippen LogP contribution < -0.4 is 0 Å². The van der Waals surface area contributed by atoms with Crippen molar-refractivity contribution in [1.29, 1.82) is 5.26 Å². The smallest absolute Gasteiger partial charge is 0.341 e. The number of halogens is 2. The Hall–Kier alpha value is -3.73. The number of carbonyl (C=O) groups is 1. The average Bonchev–Trinajstić information content (AvgIpc) is 3.48. The van der Waals surface area contributed by atoms with E-state index < -0.39 is 17.1 Å². The number of hydrogen-bond acceptors (Lipinski definition) is 3. The second kappa shape index (κ2) is 7.66. The zero-order valence-electron chi connectivity index (χ0n) is 18.9. The Labute approximate surface area is 194 Å². The summed E-state index contributed by atoms with van der Waals surface area (Å²) in [5, 5.41) is 28.0. The Morgan fingerprint density at radius 1 is 1.35 bits per heavy atom. The minimum Gasteiger partial charge on any atom is -0.479 e. The Morgan fingerprint density at radius 3 is 2.74 bits per heavy atom. The summed E-state index contributed by atoms with van der Waals surface area (Å²) >= 11 is 0. The number of carboxylic acid groups (broad SMARTS) is 1. The predicted molar refractivity (Wildman–Crippen MR) is 124 cm³/mol. The Morgan fingerprint density at radius 2 is 2.09 bits per heavy atom. The normalized spacial score (nSPS) is 20.7. The molecule has 34 heavy (non-hydrogen) atoms. The summed E-state index contributed by atoms with van der Waals surface area (Å²) in [5.74, 6) is -2.15. The fraction of sp³-hybridized carbons (Fsp3) is 0.346. The molecule has 0 radical (unpaired) electrons. The SMILES string of the molecule is CC(C)(CC#N)c1c(C2CC[C@@](F)(C(=O)O)C2)c2cc3[nH]ncc3cc2n1-c1ccc(F)cc1. The summed E-state index contributed by atoms with van der Waals surface area (Å²) in [6.45, 7) is 3.91. The molecule has 8 heteroatoms. The van der Waals surface area contributed by atoms with Crippen molar-refractivity contribution in [3.05, 3.63) is 59.7 Å². The van der Waals surface area contributed by atoms with Crippen molar-refractivity contribution in [3.63, 3.8) is 0 Å². The van der Waals surface area contributed by atoms with Crippen molar-refractivity contribution in [1.82, 2.24) is 14.8 Å². The molecule has 174 valence electrons. The molecule has 0 saturated heterocycles. The average molecular weight is 463 g/mol. The topological polar surface area (TPSA) is 94.7 Å². The number of nitrogens with zero attached hydrogens (tertiary/aromatic N) is 3. The van der Waals surface area contributed by atoms with E-state index in [9.17, 15) is 19.6 Å². The molecule has 1 aliphatic rings. The van der Waals surface area contributed by atoms with Crippen LogP contribution in [0.1, 0.15) is 56.7 Å². The van der Waals surface area contributed by atoms with Crippen molar-refractivity contribution < 1.29 is 18.7 Å². The number of hydrogen-bond donors (Lipinski definition) is 2. The quantitative estimate of drug-likeness (QED) is 0.386. The monoisotopic (exact) mass is 462 g/mol. The summed E-state index contributed by atoms with van der Waals surface area (Å²) in [4.78, 5) is 11.7. The highest BCUT2D eigenvalue weighted by molar-refractivity contribution is 5.99. The van der Waals surface area contributed by atoms with Crippen LogP contribution in [0.3, 0.4) is 0 Å². The van der Waals surface area contributed by atoms with Gasteiger partial charge in [0.2, 0.25) is 5.67 Å². The van der Waals surface area contributed by atoms with Gasteiger partial charge in [0.1, 0.15) is 5.82 Å². The molecular weight excluding hydrogens is 438 g/mol. The van der Waals surface area contributed by atoms with Gasteiger partial charge in [0, 0.05) is 34.0 Å². The van der Waals surface area contributed by atoms with Gasteiger partial charge in [-0.05, 0) is 67.1 Å². The first kappa shape index (κ1) is 22.1. The number of aliphatic carboxylic acids is 1. The molecule has 4 aromatic rings. The van der Waals surface area contributed by atoms with Gasteiger partial charge in [0.05, 0.1) is 23.3 Å². The number of nitrogens with one attached hydrogen (secondary N) is 1. The van der Waals surface area contributed by atoms with Crippen molar-refractivity contribution in [2.24, 2.45) is 0 Å². The lowest BCUT2D eigenvalue weighted by atomic mass is 9.79. The molecule has 1 unspecified atom stereocenters. The Bertz CT molecular complexity index is 1460. The first-order valence-corrected chi connectivity index (χ1v) is 11.2. The lowest BCUT2D eigenvalue weighted by Crippen LogP contribution is -2.30. The second-order valence-electron chi connectivity index (χ2n) is 9.83. The van der Waals surface area contributed by atoms with Gasteiger partial charge >= 0.3 is 5.97 Å². The van der Waals surface area contributed by atoms with E-state index >= 15 is 4.39 Å². The van der Waals surface area contributed by atoms with Crippen LogP contribution in [0.5, 0.6) is 0 Å². The van der Waals surface area contributed by atoms with E-state index in [1.807, 2.05) is 30.5 Å². The van der Waals surface area contributed by atoms with Gasteiger partial charge in [-0.2, -0.15) is 10.4 Å². The predicted octanol–water partition coefficient (Wildman–Crippen LogP) is 5.90. The zero-order chi connectivity index (χ0) is 24.3. The summed E-state index contributed by atoms with van der Waals surface area (Å²) < 4.78 is 31.0. The molecule has 2 aromatic carbocycles. The molecule has 6 nitrogen and oxygen atoms in total. The minimum absolute atomic E-state index is 0.0688. The number of H-pyrrole nitrogens is 1. The molecule has 0 bridgehead atoms. The van der Waals surface area contributed by atoms with Crippen LogP contribution in [0.15, 0.2) is 42.6 Å². The van der Waals surface area contributed by atoms with Crippen LogP contribution in [-0.2, 0) is 10.2 Å². The summed E-state index contributed by atoms with van der Waals surface area (Å²) in [7, 11) is 0. The number of benzene rings is 2. The standard InChI is InChI=1S/C26H24F2N4O2/c1-25(2,9-10-29)23-22(15-7-8-26(28,13-15)24(33)34)19-12-20-16(14-30-31-20)11-21(19)32(23)18-5-3-17(27)4-6-18/h3-6,11-12,14-15H,7-9,13H2,1-2H3,(H,30,31)(H,33,34)/t15?,26-/m0/s1. The Kier molecular flexibility index (Phi) is 4.97. The maximum Gasteiger partial charge on any atom is 0.341 e. The van der Waals surface area contributed by atoms with Crippen LogP contribution in [-0.4, -0.2) is 31.5 Å². The van der Waals surface area contributed by atoms with Gasteiger partial charge in [0.25, 0.3) is 0 Å². The molecule has 1 fully saturated rings. The number of aromatic amines is 1. The first-order valence-electron chi connectivity index (χ1n) is 11.2. The van der Waals surface area contributed by atoms with Gasteiger partial charge in [-0.1, -0.05) is 13.8 Å². The van der Waals surface area contributed by atoms with E-state index in [1.165, 1.54) is 12.1 Å². The van der Waals surface area contributed by atoms with Gasteiger partial charge in [0.15, 0.2) is 0 Å². The molecular formula is C26H24F2N4O2. The van der Waals surface area contributed by atoms with E-state index in [0.717, 1.165) is 33.1 Å². The summed E-state index contributed by atoms with van der Waals surface area (Å²) in [6, 6.07) is 12.3. The van der Waals surface area contributed by atoms with Gasteiger partial charge < -0.3 is 9.67 Å². The molecule has 5 rings (SSSR count). The van der Waals surface area contributed by atoms with E-state index in [1.54, 1.807) is 18.3 Å². The maximum atomic E-state index is 15.2. The fourth-order valence-electron chi connectivity index (χ4n) is 5.41. The molecule has 2 atom stereocenters. The fourth-order valence-corrected chi connectivity index (χ4v) is 5.41. The van der Waals surface area contributed by atoms with E-state index in [2.05, 4.69) is 16.3 Å². The van der Waals surface area contributed by atoms with E-state index in [4.69, 9.17) is 0 Å². The molecule has 2 N–H and O–H groups in total. The largest absolute Gasteiger partial charge is 0.479 e. The third kappa shape index (κ3) is 3.35. The van der Waals surface area contributed by atoms with Crippen LogP contribution >= 0.6 is 0 Å². The highest BCUT2D eigenvalue weighted by Crippen LogP contribution is 2.50. The minimum atomic E-state index is -2.29. The maximum absolute atomic E-state index is 15.2.